The molecule has 1 aromatic rings. The molecule has 28 heavy (non-hydrogen) atoms. The first-order chi connectivity index (χ1) is 13.1. The van der Waals surface area contributed by atoms with E-state index in [0.29, 0.717) is 6.54 Å². The maximum absolute atomic E-state index is 12.9. The lowest BCUT2D eigenvalue weighted by atomic mass is 10.1. The highest BCUT2D eigenvalue weighted by atomic mass is 16.6. The third kappa shape index (κ3) is 5.61. The quantitative estimate of drug-likeness (QED) is 0.576. The highest BCUT2D eigenvalue weighted by Gasteiger charge is 2.38. The van der Waals surface area contributed by atoms with Crippen LogP contribution in [0.15, 0.2) is 24.3 Å². The number of esters is 1. The van der Waals surface area contributed by atoms with Crippen LogP contribution in [0.1, 0.15) is 26.3 Å². The van der Waals surface area contributed by atoms with Gasteiger partial charge in [-0.05, 0) is 38.5 Å². The summed E-state index contributed by atoms with van der Waals surface area (Å²) in [5.41, 5.74) is 0.222. The standard InChI is InChI=1S/C20H28N2O6/c1-20(2,3)28-19(25)22-11-10-21(17(23)16(13-22)18(24)27-5)12-14-6-8-15(26-4)9-7-14/h6-9,16H,10-13H2,1-5H3. The lowest BCUT2D eigenvalue weighted by Crippen LogP contribution is -2.42. The van der Waals surface area contributed by atoms with E-state index >= 15 is 0 Å². The molecule has 1 saturated heterocycles. The number of carbonyl (C=O) groups excluding carboxylic acids is 3. The largest absolute Gasteiger partial charge is 0.497 e. The van der Waals surface area contributed by atoms with Crippen LogP contribution in [0.2, 0.25) is 0 Å². The molecule has 1 fully saturated rings. The van der Waals surface area contributed by atoms with Crippen molar-refractivity contribution in [2.45, 2.75) is 32.9 Å². The smallest absolute Gasteiger partial charge is 0.410 e. The van der Waals surface area contributed by atoms with Crippen molar-refractivity contribution in [1.82, 2.24) is 9.80 Å². The molecule has 2 rings (SSSR count). The van der Waals surface area contributed by atoms with Crippen LogP contribution in [-0.4, -0.2) is 67.2 Å². The summed E-state index contributed by atoms with van der Waals surface area (Å²) in [6.07, 6.45) is -0.555. The number of hydrogen-bond acceptors (Lipinski definition) is 6. The van der Waals surface area contributed by atoms with Crippen LogP contribution >= 0.6 is 0 Å². The number of nitrogens with zero attached hydrogens (tertiary/aromatic N) is 2. The minimum atomic E-state index is -1.08. The van der Waals surface area contributed by atoms with Crippen molar-refractivity contribution >= 4 is 18.0 Å². The van der Waals surface area contributed by atoms with E-state index in [4.69, 9.17) is 14.2 Å². The summed E-state index contributed by atoms with van der Waals surface area (Å²) in [6, 6.07) is 7.33. The molecule has 1 unspecified atom stereocenters. The average molecular weight is 392 g/mol. The summed E-state index contributed by atoms with van der Waals surface area (Å²) in [6.45, 7) is 6.10. The molecule has 0 spiro atoms. The van der Waals surface area contributed by atoms with Gasteiger partial charge in [-0.15, -0.1) is 0 Å². The summed E-state index contributed by atoms with van der Waals surface area (Å²) < 4.78 is 15.3. The minimum absolute atomic E-state index is 0.0699. The molecule has 1 aromatic carbocycles. The summed E-state index contributed by atoms with van der Waals surface area (Å²) in [5, 5.41) is 0. The average Bonchev–Trinajstić information content (AvgIpc) is 2.80. The first-order valence-electron chi connectivity index (χ1n) is 9.12. The van der Waals surface area contributed by atoms with Gasteiger partial charge < -0.3 is 24.0 Å². The van der Waals surface area contributed by atoms with Crippen LogP contribution in [0, 0.1) is 5.92 Å². The molecule has 154 valence electrons. The Labute approximate surface area is 165 Å². The number of carbonyl (C=O) groups is 3. The van der Waals surface area contributed by atoms with Gasteiger partial charge in [-0.25, -0.2) is 4.79 Å². The van der Waals surface area contributed by atoms with Gasteiger partial charge in [0, 0.05) is 26.2 Å². The van der Waals surface area contributed by atoms with Crippen LogP contribution in [0.25, 0.3) is 0 Å². The fourth-order valence-corrected chi connectivity index (χ4v) is 2.88. The van der Waals surface area contributed by atoms with E-state index in [-0.39, 0.29) is 25.5 Å². The topological polar surface area (TPSA) is 85.4 Å². The van der Waals surface area contributed by atoms with Gasteiger partial charge in [0.25, 0.3) is 0 Å². The van der Waals surface area contributed by atoms with Crippen LogP contribution in [0.4, 0.5) is 4.79 Å². The van der Waals surface area contributed by atoms with Crippen LogP contribution in [-0.2, 0) is 25.6 Å². The zero-order chi connectivity index (χ0) is 20.9. The molecule has 0 N–H and O–H groups in total. The molecule has 8 heteroatoms. The summed E-state index contributed by atoms with van der Waals surface area (Å²) in [4.78, 5) is 40.6. The molecule has 8 nitrogen and oxygen atoms in total. The summed E-state index contributed by atoms with van der Waals surface area (Å²) in [5.74, 6) is -1.40. The number of amides is 2. The predicted octanol–water partition coefficient (Wildman–Crippen LogP) is 2.06. The van der Waals surface area contributed by atoms with Crippen molar-refractivity contribution < 1.29 is 28.6 Å². The van der Waals surface area contributed by atoms with Gasteiger partial charge in [-0.1, -0.05) is 12.1 Å². The second kappa shape index (κ2) is 8.95. The van der Waals surface area contributed by atoms with E-state index in [0.717, 1.165) is 11.3 Å². The number of hydrogen-bond donors (Lipinski definition) is 0. The van der Waals surface area contributed by atoms with Gasteiger partial charge in [0.15, 0.2) is 5.92 Å². The predicted molar refractivity (Wildman–Crippen MR) is 102 cm³/mol. The van der Waals surface area contributed by atoms with Gasteiger partial charge >= 0.3 is 12.1 Å². The van der Waals surface area contributed by atoms with E-state index in [1.807, 2.05) is 24.3 Å². The molecule has 0 saturated carbocycles. The zero-order valence-electron chi connectivity index (χ0n) is 17.1. The Bertz CT molecular complexity index is 710. The first-order valence-corrected chi connectivity index (χ1v) is 9.12. The highest BCUT2D eigenvalue weighted by Crippen LogP contribution is 2.19. The Kier molecular flexibility index (Phi) is 6.88. The molecule has 1 aliphatic rings. The number of methoxy groups -OCH3 is 2. The summed E-state index contributed by atoms with van der Waals surface area (Å²) >= 11 is 0. The number of rotatable bonds is 4. The van der Waals surface area contributed by atoms with Crippen molar-refractivity contribution in [3.63, 3.8) is 0 Å². The lowest BCUT2D eigenvalue weighted by Gasteiger charge is -2.27. The fraction of sp³-hybridized carbons (Fsp3) is 0.550. The van der Waals surface area contributed by atoms with Crippen LogP contribution < -0.4 is 4.74 Å². The maximum atomic E-state index is 12.9. The van der Waals surface area contributed by atoms with E-state index in [1.165, 1.54) is 12.0 Å². The Balaban J connectivity index is 2.19. The third-order valence-corrected chi connectivity index (χ3v) is 4.32. The minimum Gasteiger partial charge on any atom is -0.497 e. The number of benzene rings is 1. The van der Waals surface area contributed by atoms with Crippen molar-refractivity contribution in [3.8, 4) is 5.75 Å². The van der Waals surface area contributed by atoms with Gasteiger partial charge in [-0.3, -0.25) is 9.59 Å². The molecule has 1 atom stereocenters. The molecule has 0 radical (unpaired) electrons. The van der Waals surface area contributed by atoms with E-state index < -0.39 is 23.6 Å². The monoisotopic (exact) mass is 392 g/mol. The Morgan fingerprint density at radius 3 is 2.29 bits per heavy atom. The van der Waals surface area contributed by atoms with E-state index in [9.17, 15) is 14.4 Å². The van der Waals surface area contributed by atoms with Gasteiger partial charge in [0.1, 0.15) is 11.4 Å². The molecule has 2 amide bonds. The molecule has 0 aliphatic carbocycles. The normalized spacial score (nSPS) is 17.8. The SMILES string of the molecule is COC(=O)C1CN(C(=O)OC(C)(C)C)CCN(Cc2ccc(OC)cc2)C1=O. The second-order valence-corrected chi connectivity index (χ2v) is 7.61. The molecule has 0 aromatic heterocycles. The van der Waals surface area contributed by atoms with E-state index in [2.05, 4.69) is 0 Å². The third-order valence-electron chi connectivity index (χ3n) is 4.32. The second-order valence-electron chi connectivity index (χ2n) is 7.61. The van der Waals surface area contributed by atoms with Crippen molar-refractivity contribution in [2.24, 2.45) is 5.92 Å². The van der Waals surface area contributed by atoms with Gasteiger partial charge in [0.05, 0.1) is 14.2 Å². The van der Waals surface area contributed by atoms with Gasteiger partial charge in [0.2, 0.25) is 5.91 Å². The molecule has 1 heterocycles. The van der Waals surface area contributed by atoms with Crippen LogP contribution in [0.5, 0.6) is 5.75 Å². The first kappa shape index (κ1) is 21.5. The number of ether oxygens (including phenoxy) is 3. The fourth-order valence-electron chi connectivity index (χ4n) is 2.88. The highest BCUT2D eigenvalue weighted by molar-refractivity contribution is 5.98. The van der Waals surface area contributed by atoms with Gasteiger partial charge in [-0.2, -0.15) is 0 Å². The summed E-state index contributed by atoms with van der Waals surface area (Å²) in [7, 11) is 2.81. The van der Waals surface area contributed by atoms with Crippen molar-refractivity contribution in [3.05, 3.63) is 29.8 Å². The Morgan fingerprint density at radius 2 is 1.75 bits per heavy atom. The molecular formula is C20H28N2O6. The maximum Gasteiger partial charge on any atom is 0.410 e. The molecule has 1 aliphatic heterocycles. The lowest BCUT2D eigenvalue weighted by molar-refractivity contribution is -0.153. The van der Waals surface area contributed by atoms with Crippen molar-refractivity contribution in [2.75, 3.05) is 33.9 Å². The Hall–Kier alpha value is -2.77. The Morgan fingerprint density at radius 1 is 1.11 bits per heavy atom. The molecule has 0 bridgehead atoms. The zero-order valence-corrected chi connectivity index (χ0v) is 17.1. The van der Waals surface area contributed by atoms with Crippen molar-refractivity contribution in [1.29, 1.82) is 0 Å². The molecular weight excluding hydrogens is 364 g/mol. The van der Waals surface area contributed by atoms with Crippen LogP contribution in [0.3, 0.4) is 0 Å². The van der Waals surface area contributed by atoms with E-state index in [1.54, 1.807) is 32.8 Å².